The van der Waals surface area contributed by atoms with Crippen LogP contribution in [0.5, 0.6) is 0 Å². The average Bonchev–Trinajstić information content (AvgIpc) is 3.59. The van der Waals surface area contributed by atoms with Crippen LogP contribution in [0.25, 0.3) is 11.2 Å². The number of hydrogen-bond donors (Lipinski definition) is 5. The Morgan fingerprint density at radius 2 is 1.46 bits per heavy atom. The fraction of sp³-hybridized carbons (Fsp3) is 0.828. The van der Waals surface area contributed by atoms with Gasteiger partial charge in [0, 0.05) is 6.61 Å². The zero-order valence-electron chi connectivity index (χ0n) is 27.6. The molecule has 7 atom stereocenters. The highest BCUT2D eigenvalue weighted by Gasteiger charge is 2.46. The first-order valence-corrected chi connectivity index (χ1v) is 20.2. The second kappa shape index (κ2) is 21.2. The van der Waals surface area contributed by atoms with Crippen molar-refractivity contribution in [2.45, 2.75) is 127 Å². The van der Waals surface area contributed by atoms with Crippen molar-refractivity contribution in [1.29, 1.82) is 0 Å². The third-order valence-electron chi connectivity index (χ3n) is 7.97. The van der Waals surface area contributed by atoms with Crippen molar-refractivity contribution < 1.29 is 52.0 Å². The number of anilines is 1. The zero-order chi connectivity index (χ0) is 35.0. The summed E-state index contributed by atoms with van der Waals surface area (Å²) < 4.78 is 50.9. The van der Waals surface area contributed by atoms with E-state index in [1.54, 1.807) is 0 Å². The van der Waals surface area contributed by atoms with Crippen LogP contribution in [0.3, 0.4) is 0 Å². The van der Waals surface area contributed by atoms with Crippen molar-refractivity contribution in [3.63, 3.8) is 0 Å². The minimum absolute atomic E-state index is 0.0402. The van der Waals surface area contributed by atoms with Crippen molar-refractivity contribution in [3.05, 3.63) is 12.7 Å². The Labute approximate surface area is 286 Å². The smallest absolute Gasteiger partial charge is 0.387 e. The number of hydrogen-bond acceptors (Lipinski definition) is 13. The molecule has 2 aromatic rings. The van der Waals surface area contributed by atoms with Crippen molar-refractivity contribution >= 4 is 44.2 Å². The first-order chi connectivity index (χ1) is 22.9. The molecular formula is C29H52ClN5O11P2. The quantitative estimate of drug-likeness (QED) is 0.0462. The van der Waals surface area contributed by atoms with Crippen LogP contribution in [0.4, 0.5) is 5.82 Å². The van der Waals surface area contributed by atoms with Crippen LogP contribution >= 0.6 is 27.2 Å². The van der Waals surface area contributed by atoms with E-state index >= 15 is 0 Å². The van der Waals surface area contributed by atoms with E-state index in [2.05, 4.69) is 26.2 Å². The summed E-state index contributed by atoms with van der Waals surface area (Å²) >= 11 is 6.11. The molecule has 0 aliphatic carbocycles. The summed E-state index contributed by atoms with van der Waals surface area (Å²) in [5.74, 6) is 0.0916. The molecule has 2 aromatic heterocycles. The Bertz CT molecular complexity index is 1310. The zero-order valence-corrected chi connectivity index (χ0v) is 30.1. The summed E-state index contributed by atoms with van der Waals surface area (Å²) in [6, 6.07) is 0. The highest BCUT2D eigenvalue weighted by molar-refractivity contribution is 7.61. The van der Waals surface area contributed by atoms with Crippen LogP contribution in [0.2, 0.25) is 0 Å². The fourth-order valence-electron chi connectivity index (χ4n) is 5.33. The van der Waals surface area contributed by atoms with Gasteiger partial charge in [-0.05, 0) is 6.42 Å². The molecule has 6 N–H and O–H groups in total. The molecule has 0 bridgehead atoms. The normalized spacial score (nSPS) is 23.0. The van der Waals surface area contributed by atoms with Crippen LogP contribution in [-0.4, -0.2) is 89.6 Å². The lowest BCUT2D eigenvalue weighted by Crippen LogP contribution is -2.33. The number of imidazole rings is 1. The maximum Gasteiger partial charge on any atom is 0.481 e. The summed E-state index contributed by atoms with van der Waals surface area (Å²) in [7, 11) is -10.3. The number of aliphatic hydroxyl groups excluding tert-OH is 2. The lowest BCUT2D eigenvalue weighted by Gasteiger charge is -2.19. The van der Waals surface area contributed by atoms with Gasteiger partial charge in [-0.2, -0.15) is 4.31 Å². The second-order valence-electron chi connectivity index (χ2n) is 12.0. The number of nitrogens with zero attached hydrogens (tertiary/aromatic N) is 4. The maximum absolute atomic E-state index is 12.4. The lowest BCUT2D eigenvalue weighted by molar-refractivity contribution is -0.0504. The number of alkyl halides is 1. The van der Waals surface area contributed by atoms with Crippen molar-refractivity contribution in [2.75, 3.05) is 32.2 Å². The van der Waals surface area contributed by atoms with Gasteiger partial charge in [0.25, 0.3) is 0 Å². The maximum atomic E-state index is 12.4. The van der Waals surface area contributed by atoms with Gasteiger partial charge >= 0.3 is 15.6 Å². The van der Waals surface area contributed by atoms with Crippen LogP contribution in [0, 0.1) is 0 Å². The molecule has 1 fully saturated rings. The van der Waals surface area contributed by atoms with Gasteiger partial charge in [-0.3, -0.25) is 13.6 Å². The Morgan fingerprint density at radius 1 is 0.875 bits per heavy atom. The van der Waals surface area contributed by atoms with Crippen LogP contribution in [0.15, 0.2) is 12.7 Å². The largest absolute Gasteiger partial charge is 0.481 e. The molecule has 48 heavy (non-hydrogen) atoms. The Hall–Kier alpha value is -1.26. The Morgan fingerprint density at radius 3 is 2.08 bits per heavy atom. The van der Waals surface area contributed by atoms with E-state index in [9.17, 15) is 29.1 Å². The number of nitrogens with two attached hydrogens (primary N) is 1. The number of ether oxygens (including phenoxy) is 2. The number of aromatic nitrogens is 4. The Balaban J connectivity index is 1.24. The van der Waals surface area contributed by atoms with Gasteiger partial charge in [0.15, 0.2) is 17.7 Å². The van der Waals surface area contributed by atoms with Gasteiger partial charge < -0.3 is 35.2 Å². The minimum atomic E-state index is -5.19. The predicted molar refractivity (Wildman–Crippen MR) is 179 cm³/mol. The molecule has 1 saturated heterocycles. The third kappa shape index (κ3) is 14.2. The monoisotopic (exact) mass is 743 g/mol. The van der Waals surface area contributed by atoms with Crippen LogP contribution in [-0.2, 0) is 32.0 Å². The van der Waals surface area contributed by atoms with E-state index in [1.165, 1.54) is 87.9 Å². The van der Waals surface area contributed by atoms with Gasteiger partial charge in [-0.25, -0.2) is 24.1 Å². The highest BCUT2D eigenvalue weighted by atomic mass is 35.5. The minimum Gasteiger partial charge on any atom is -0.387 e. The molecule has 0 amide bonds. The molecular weight excluding hydrogens is 692 g/mol. The van der Waals surface area contributed by atoms with Gasteiger partial charge in [-0.1, -0.05) is 90.4 Å². The highest BCUT2D eigenvalue weighted by Crippen LogP contribution is 2.60. The summed E-state index contributed by atoms with van der Waals surface area (Å²) in [5.41, 5.74) is 6.23. The number of rotatable bonds is 26. The molecule has 1 aliphatic heterocycles. The molecule has 276 valence electrons. The van der Waals surface area contributed by atoms with Gasteiger partial charge in [-0.15, -0.1) is 11.6 Å². The Kier molecular flexibility index (Phi) is 18.2. The standard InChI is InChI=1S/C29H52ClN5O11P2/c1-2-3-4-5-6-7-8-9-10-11-12-13-14-15-16-42-17-22(30)18-43-47(38,39)46-48(40,41)44-19-23-25(36)26(37)29(45-23)35-21-34-24-27(31)32-20-33-28(24)35/h20-23,25-26,29,36-37H,2-19H2,1H3,(H,38,39)(H,40,41)(H2,31,32,33). The van der Waals surface area contributed by atoms with E-state index in [4.69, 9.17) is 35.9 Å². The number of fused-ring (bicyclic) bond motifs is 1. The molecule has 0 aromatic carbocycles. The number of phosphoric acid groups is 2. The third-order valence-corrected chi connectivity index (χ3v) is 10.8. The second-order valence-corrected chi connectivity index (χ2v) is 15.7. The summed E-state index contributed by atoms with van der Waals surface area (Å²) in [6.07, 6.45) is 14.3. The topological polar surface area (TPSA) is 231 Å². The van der Waals surface area contributed by atoms with E-state index in [0.29, 0.717) is 6.61 Å². The fourth-order valence-corrected chi connectivity index (χ4v) is 7.69. The van der Waals surface area contributed by atoms with Gasteiger partial charge in [0.05, 0.1) is 31.5 Å². The SMILES string of the molecule is CCCCCCCCCCCCCCCCOCC(Cl)COP(=O)(O)OP(=O)(O)OCC1OC(n2cnc3c(N)ncnc32)C(O)C1O. The number of unbranched alkanes of at least 4 members (excludes halogenated alkanes) is 13. The van der Waals surface area contributed by atoms with Crippen LogP contribution in [0.1, 0.15) is 103 Å². The van der Waals surface area contributed by atoms with E-state index in [0.717, 1.165) is 19.3 Å². The number of nitrogen functional groups attached to an aromatic ring is 1. The van der Waals surface area contributed by atoms with Gasteiger partial charge in [0.2, 0.25) is 0 Å². The van der Waals surface area contributed by atoms with Crippen molar-refractivity contribution in [2.24, 2.45) is 0 Å². The predicted octanol–water partition coefficient (Wildman–Crippen LogP) is 5.38. The average molecular weight is 744 g/mol. The summed E-state index contributed by atoms with van der Waals surface area (Å²) in [5, 5.41) is 20.1. The van der Waals surface area contributed by atoms with E-state index in [1.807, 2.05) is 0 Å². The molecule has 16 nitrogen and oxygen atoms in total. The molecule has 0 spiro atoms. The first-order valence-electron chi connectivity index (χ1n) is 16.8. The molecule has 7 unspecified atom stereocenters. The summed E-state index contributed by atoms with van der Waals surface area (Å²) in [4.78, 5) is 31.9. The lowest BCUT2D eigenvalue weighted by atomic mass is 10.0. The van der Waals surface area contributed by atoms with Crippen LogP contribution < -0.4 is 5.73 Å². The van der Waals surface area contributed by atoms with Crippen molar-refractivity contribution in [1.82, 2.24) is 19.5 Å². The number of phosphoric ester groups is 2. The van der Waals surface area contributed by atoms with Gasteiger partial charge in [0.1, 0.15) is 30.2 Å². The van der Waals surface area contributed by atoms with Crippen molar-refractivity contribution in [3.8, 4) is 0 Å². The molecule has 3 heterocycles. The summed E-state index contributed by atoms with van der Waals surface area (Å²) in [6.45, 7) is 1.47. The molecule has 1 aliphatic rings. The first kappa shape index (κ1) is 41.2. The number of aliphatic hydroxyl groups is 2. The van der Waals surface area contributed by atoms with E-state index < -0.39 is 58.8 Å². The molecule has 0 radical (unpaired) electrons. The molecule has 19 heteroatoms. The molecule has 3 rings (SSSR count). The molecule has 0 saturated carbocycles. The van der Waals surface area contributed by atoms with E-state index in [-0.39, 0.29) is 23.6 Å². The number of halogens is 1.